The first-order valence-electron chi connectivity index (χ1n) is 7.47. The van der Waals surface area contributed by atoms with Gasteiger partial charge in [0, 0.05) is 11.8 Å². The lowest BCUT2D eigenvalue weighted by molar-refractivity contribution is 0.115. The monoisotopic (exact) mass is 295 g/mol. The summed E-state index contributed by atoms with van der Waals surface area (Å²) < 4.78 is 16.2. The molecule has 21 heavy (non-hydrogen) atoms. The van der Waals surface area contributed by atoms with Gasteiger partial charge in [0.05, 0.1) is 13.2 Å². The van der Waals surface area contributed by atoms with Crippen LogP contribution in [-0.2, 0) is 4.74 Å². The molecule has 0 aliphatic heterocycles. The van der Waals surface area contributed by atoms with Crippen molar-refractivity contribution in [3.63, 3.8) is 0 Å². The summed E-state index contributed by atoms with van der Waals surface area (Å²) in [5, 5.41) is 2.70. The summed E-state index contributed by atoms with van der Waals surface area (Å²) >= 11 is 0. The number of carbonyl (C=O) groups excluding carboxylic acids is 1. The normalized spacial score (nSPS) is 11.6. The minimum Gasteiger partial charge on any atom is -0.490 e. The van der Waals surface area contributed by atoms with Crippen LogP contribution in [-0.4, -0.2) is 25.4 Å². The van der Waals surface area contributed by atoms with Crippen LogP contribution in [0.3, 0.4) is 0 Å². The zero-order valence-electron chi connectivity index (χ0n) is 13.3. The molecule has 5 heteroatoms. The second-order valence-electron chi connectivity index (χ2n) is 4.66. The van der Waals surface area contributed by atoms with Gasteiger partial charge in [-0.1, -0.05) is 13.3 Å². The first kappa shape index (κ1) is 17.1. The third kappa shape index (κ3) is 5.94. The summed E-state index contributed by atoms with van der Waals surface area (Å²) in [6, 6.07) is 5.28. The van der Waals surface area contributed by atoms with E-state index in [1.807, 2.05) is 20.8 Å². The van der Waals surface area contributed by atoms with Gasteiger partial charge in [-0.25, -0.2) is 4.79 Å². The van der Waals surface area contributed by atoms with Crippen LogP contribution in [0.1, 0.15) is 40.5 Å². The second-order valence-corrected chi connectivity index (χ2v) is 4.66. The molecule has 0 heterocycles. The van der Waals surface area contributed by atoms with E-state index < -0.39 is 6.09 Å². The zero-order chi connectivity index (χ0) is 15.7. The van der Waals surface area contributed by atoms with Crippen LogP contribution in [0.5, 0.6) is 11.5 Å². The minimum atomic E-state index is -0.456. The third-order valence-corrected chi connectivity index (χ3v) is 2.79. The van der Waals surface area contributed by atoms with Gasteiger partial charge in [0.15, 0.2) is 11.5 Å². The number of ether oxygens (including phenoxy) is 3. The molecular weight excluding hydrogens is 270 g/mol. The first-order chi connectivity index (χ1) is 10.1. The largest absolute Gasteiger partial charge is 0.490 e. The van der Waals surface area contributed by atoms with Crippen LogP contribution in [0, 0.1) is 0 Å². The second kappa shape index (κ2) is 9.10. The maximum atomic E-state index is 11.8. The number of benzene rings is 1. The van der Waals surface area contributed by atoms with Gasteiger partial charge in [0.1, 0.15) is 6.10 Å². The molecule has 1 atom stereocenters. The maximum absolute atomic E-state index is 11.8. The van der Waals surface area contributed by atoms with Gasteiger partial charge >= 0.3 is 6.09 Å². The van der Waals surface area contributed by atoms with Crippen LogP contribution in [0.15, 0.2) is 18.2 Å². The number of carbonyl (C=O) groups is 1. The minimum absolute atomic E-state index is 0.0935. The van der Waals surface area contributed by atoms with Crippen LogP contribution < -0.4 is 14.8 Å². The van der Waals surface area contributed by atoms with Gasteiger partial charge in [-0.15, -0.1) is 0 Å². The predicted octanol–water partition coefficient (Wildman–Crippen LogP) is 4.22. The first-order valence-corrected chi connectivity index (χ1v) is 7.47. The Morgan fingerprint density at radius 3 is 2.43 bits per heavy atom. The Morgan fingerprint density at radius 1 is 1.14 bits per heavy atom. The van der Waals surface area contributed by atoms with E-state index in [1.165, 1.54) is 0 Å². The molecule has 0 aliphatic rings. The summed E-state index contributed by atoms with van der Waals surface area (Å²) in [5.74, 6) is 1.27. The van der Waals surface area contributed by atoms with Crippen LogP contribution >= 0.6 is 0 Å². The summed E-state index contributed by atoms with van der Waals surface area (Å²) in [5.41, 5.74) is 0.621. The third-order valence-electron chi connectivity index (χ3n) is 2.79. The quantitative estimate of drug-likeness (QED) is 0.780. The molecule has 5 nitrogen and oxygen atoms in total. The van der Waals surface area contributed by atoms with E-state index in [1.54, 1.807) is 18.2 Å². The van der Waals surface area contributed by atoms with Crippen LogP contribution in [0.25, 0.3) is 0 Å². The van der Waals surface area contributed by atoms with E-state index in [2.05, 4.69) is 12.2 Å². The Labute approximate surface area is 126 Å². The van der Waals surface area contributed by atoms with Crippen molar-refractivity contribution in [3.8, 4) is 11.5 Å². The highest BCUT2D eigenvalue weighted by atomic mass is 16.6. The molecule has 1 aromatic rings. The van der Waals surface area contributed by atoms with E-state index >= 15 is 0 Å². The number of nitrogens with one attached hydrogen (secondary N) is 1. The summed E-state index contributed by atoms with van der Waals surface area (Å²) in [7, 11) is 0. The van der Waals surface area contributed by atoms with Crippen molar-refractivity contribution in [1.82, 2.24) is 0 Å². The Bertz CT molecular complexity index is 448. The van der Waals surface area contributed by atoms with Crippen molar-refractivity contribution in [3.05, 3.63) is 18.2 Å². The summed E-state index contributed by atoms with van der Waals surface area (Å²) in [4.78, 5) is 11.8. The molecule has 1 aromatic carbocycles. The summed E-state index contributed by atoms with van der Waals surface area (Å²) in [6.07, 6.45) is 1.28. The fourth-order valence-electron chi connectivity index (χ4n) is 1.92. The van der Waals surface area contributed by atoms with Crippen molar-refractivity contribution in [2.75, 3.05) is 18.5 Å². The summed E-state index contributed by atoms with van der Waals surface area (Å²) in [6.45, 7) is 8.83. The number of rotatable bonds is 8. The van der Waals surface area contributed by atoms with E-state index in [0.29, 0.717) is 30.4 Å². The molecule has 0 aliphatic carbocycles. The van der Waals surface area contributed by atoms with E-state index in [4.69, 9.17) is 14.2 Å². The number of amides is 1. The topological polar surface area (TPSA) is 56.8 Å². The predicted molar refractivity (Wildman–Crippen MR) is 83.3 cm³/mol. The molecule has 0 saturated heterocycles. The Balaban J connectivity index is 2.70. The maximum Gasteiger partial charge on any atom is 0.411 e. The van der Waals surface area contributed by atoms with Crippen molar-refractivity contribution >= 4 is 11.8 Å². The SMILES string of the molecule is CCCC(C)OC(=O)Nc1ccc(OCC)c(OCC)c1. The average molecular weight is 295 g/mol. The molecule has 118 valence electrons. The molecule has 1 rings (SSSR count). The Morgan fingerprint density at radius 2 is 1.81 bits per heavy atom. The van der Waals surface area contributed by atoms with Gasteiger partial charge < -0.3 is 14.2 Å². The van der Waals surface area contributed by atoms with Crippen molar-refractivity contribution in [2.24, 2.45) is 0 Å². The highest BCUT2D eigenvalue weighted by Crippen LogP contribution is 2.30. The highest BCUT2D eigenvalue weighted by molar-refractivity contribution is 5.85. The molecule has 0 aromatic heterocycles. The van der Waals surface area contributed by atoms with Crippen molar-refractivity contribution in [2.45, 2.75) is 46.6 Å². The van der Waals surface area contributed by atoms with Gasteiger partial charge in [0.25, 0.3) is 0 Å². The molecule has 0 fully saturated rings. The Hall–Kier alpha value is -1.91. The fraction of sp³-hybridized carbons (Fsp3) is 0.562. The molecule has 1 amide bonds. The lowest BCUT2D eigenvalue weighted by atomic mass is 10.2. The van der Waals surface area contributed by atoms with E-state index in [9.17, 15) is 4.79 Å². The highest BCUT2D eigenvalue weighted by Gasteiger charge is 2.11. The van der Waals surface area contributed by atoms with Gasteiger partial charge in [0.2, 0.25) is 0 Å². The molecule has 0 radical (unpaired) electrons. The van der Waals surface area contributed by atoms with Crippen molar-refractivity contribution in [1.29, 1.82) is 0 Å². The van der Waals surface area contributed by atoms with Crippen LogP contribution in [0.4, 0.5) is 10.5 Å². The number of hydrogen-bond donors (Lipinski definition) is 1. The number of hydrogen-bond acceptors (Lipinski definition) is 4. The number of anilines is 1. The molecule has 0 saturated carbocycles. The molecular formula is C16H25NO4. The van der Waals surface area contributed by atoms with Gasteiger partial charge in [-0.05, 0) is 39.3 Å². The van der Waals surface area contributed by atoms with Crippen molar-refractivity contribution < 1.29 is 19.0 Å². The van der Waals surface area contributed by atoms with Gasteiger partial charge in [-0.2, -0.15) is 0 Å². The molecule has 1 N–H and O–H groups in total. The van der Waals surface area contributed by atoms with E-state index in [-0.39, 0.29) is 6.10 Å². The fourth-order valence-corrected chi connectivity index (χ4v) is 1.92. The zero-order valence-corrected chi connectivity index (χ0v) is 13.3. The smallest absolute Gasteiger partial charge is 0.411 e. The lowest BCUT2D eigenvalue weighted by Gasteiger charge is -2.15. The standard InChI is InChI=1S/C16H25NO4/c1-5-8-12(4)21-16(18)17-13-9-10-14(19-6-2)15(11-13)20-7-3/h9-12H,5-8H2,1-4H3,(H,17,18). The van der Waals surface area contributed by atoms with Crippen LogP contribution in [0.2, 0.25) is 0 Å². The molecule has 1 unspecified atom stereocenters. The Kier molecular flexibility index (Phi) is 7.43. The van der Waals surface area contributed by atoms with Gasteiger partial charge in [-0.3, -0.25) is 5.32 Å². The molecule has 0 bridgehead atoms. The molecule has 0 spiro atoms. The van der Waals surface area contributed by atoms with E-state index in [0.717, 1.165) is 12.8 Å². The average Bonchev–Trinajstić information content (AvgIpc) is 2.42. The lowest BCUT2D eigenvalue weighted by Crippen LogP contribution is -2.20.